The molecule has 0 spiro atoms. The van der Waals surface area contributed by atoms with E-state index in [1.165, 1.54) is 18.4 Å². The second-order valence-corrected chi connectivity index (χ2v) is 8.68. The summed E-state index contributed by atoms with van der Waals surface area (Å²) < 4.78 is 17.2. The molecule has 2 aromatic rings. The molecule has 0 saturated heterocycles. The molecule has 3 nitrogen and oxygen atoms in total. The lowest BCUT2D eigenvalue weighted by Crippen LogP contribution is -2.34. The number of halogens is 1. The van der Waals surface area contributed by atoms with Crippen molar-refractivity contribution in [3.63, 3.8) is 0 Å². The minimum atomic E-state index is -0.942. The molecule has 2 aromatic carbocycles. The minimum Gasteiger partial charge on any atom is -0.494 e. The van der Waals surface area contributed by atoms with Crippen molar-refractivity contribution in [3.05, 3.63) is 59.1 Å². The number of nitrogens with one attached hydrogen (secondary N) is 1. The van der Waals surface area contributed by atoms with E-state index in [9.17, 15) is 4.21 Å². The fraction of sp³-hybridized carbons (Fsp3) is 0.429. The van der Waals surface area contributed by atoms with Gasteiger partial charge in [0.15, 0.2) is 0 Å². The largest absolute Gasteiger partial charge is 0.494 e. The van der Waals surface area contributed by atoms with Gasteiger partial charge in [0, 0.05) is 33.0 Å². The van der Waals surface area contributed by atoms with Crippen LogP contribution in [0.25, 0.3) is 0 Å². The Balaban J connectivity index is 1.39. The molecule has 2 unspecified atom stereocenters. The molecule has 0 bridgehead atoms. The number of hydrogen-bond donors (Lipinski definition) is 1. The summed E-state index contributed by atoms with van der Waals surface area (Å²) in [6.45, 7) is 1.62. The third-order valence-electron chi connectivity index (χ3n) is 4.69. The molecular weight excluding hydrogens is 366 g/mol. The Bertz CT molecular complexity index is 731. The first-order chi connectivity index (χ1) is 12.6. The normalized spacial score (nSPS) is 16.2. The van der Waals surface area contributed by atoms with Crippen LogP contribution in [0.5, 0.6) is 5.75 Å². The van der Waals surface area contributed by atoms with E-state index in [2.05, 4.69) is 17.4 Å². The molecule has 1 aliphatic rings. The van der Waals surface area contributed by atoms with E-state index in [-0.39, 0.29) is 0 Å². The van der Waals surface area contributed by atoms with E-state index in [4.69, 9.17) is 16.3 Å². The molecule has 140 valence electrons. The first-order valence-electron chi connectivity index (χ1n) is 9.16. The highest BCUT2D eigenvalue weighted by Crippen LogP contribution is 2.34. The highest BCUT2D eigenvalue weighted by atomic mass is 35.5. The molecule has 0 heterocycles. The van der Waals surface area contributed by atoms with Crippen LogP contribution >= 0.6 is 11.6 Å². The Morgan fingerprint density at radius 1 is 1.23 bits per heavy atom. The van der Waals surface area contributed by atoms with Crippen LogP contribution < -0.4 is 10.1 Å². The van der Waals surface area contributed by atoms with Gasteiger partial charge in [0.25, 0.3) is 0 Å². The Morgan fingerprint density at radius 3 is 2.65 bits per heavy atom. The monoisotopic (exact) mass is 391 g/mol. The predicted molar refractivity (Wildman–Crippen MR) is 109 cm³/mol. The van der Waals surface area contributed by atoms with Gasteiger partial charge in [0.2, 0.25) is 0 Å². The van der Waals surface area contributed by atoms with Crippen LogP contribution in [-0.4, -0.2) is 29.7 Å². The standard InChI is InChI=1S/C21H26ClNO2S/c1-26(24)20-10-8-19(9-11-20)25-13-3-12-23-21(17-6-7-17)15-16-4-2-5-18(22)14-16/h2,4-5,8-11,14,17,21,23H,3,6-7,12-13,15H2,1H3. The van der Waals surface area contributed by atoms with E-state index in [1.54, 1.807) is 6.26 Å². The molecule has 3 rings (SSSR count). The predicted octanol–water partition coefficient (Wildman–Crippen LogP) is 4.46. The SMILES string of the molecule is CS(=O)c1ccc(OCCCNC(Cc2cccc(Cl)c2)C2CC2)cc1. The molecule has 26 heavy (non-hydrogen) atoms. The van der Waals surface area contributed by atoms with Gasteiger partial charge in [-0.3, -0.25) is 4.21 Å². The van der Waals surface area contributed by atoms with Crippen LogP contribution in [0.15, 0.2) is 53.4 Å². The van der Waals surface area contributed by atoms with Crippen molar-refractivity contribution in [1.29, 1.82) is 0 Å². The summed E-state index contributed by atoms with van der Waals surface area (Å²) in [5.74, 6) is 1.62. The van der Waals surface area contributed by atoms with Crippen LogP contribution in [0.4, 0.5) is 0 Å². The van der Waals surface area contributed by atoms with E-state index in [0.717, 1.165) is 41.0 Å². The van der Waals surface area contributed by atoms with E-state index < -0.39 is 10.8 Å². The maximum absolute atomic E-state index is 11.4. The molecule has 0 aromatic heterocycles. The zero-order chi connectivity index (χ0) is 18.4. The summed E-state index contributed by atoms with van der Waals surface area (Å²) in [5, 5.41) is 4.51. The fourth-order valence-corrected chi connectivity index (χ4v) is 3.83. The van der Waals surface area contributed by atoms with Crippen LogP contribution in [0.2, 0.25) is 5.02 Å². The molecule has 1 N–H and O–H groups in total. The third-order valence-corrected chi connectivity index (χ3v) is 5.86. The molecule has 0 aliphatic heterocycles. The lowest BCUT2D eigenvalue weighted by molar-refractivity contribution is 0.302. The Hall–Kier alpha value is -1.36. The van der Waals surface area contributed by atoms with Crippen molar-refractivity contribution < 1.29 is 8.95 Å². The molecule has 0 amide bonds. The fourth-order valence-electron chi connectivity index (χ4n) is 3.10. The maximum atomic E-state index is 11.4. The van der Waals surface area contributed by atoms with Crippen molar-refractivity contribution >= 4 is 22.4 Å². The summed E-state index contributed by atoms with van der Waals surface area (Å²) in [5.41, 5.74) is 1.30. The minimum absolute atomic E-state index is 0.521. The molecule has 5 heteroatoms. The molecule has 1 fully saturated rings. The maximum Gasteiger partial charge on any atom is 0.119 e. The number of benzene rings is 2. The Morgan fingerprint density at radius 2 is 2.00 bits per heavy atom. The van der Waals surface area contributed by atoms with Crippen LogP contribution in [0, 0.1) is 5.92 Å². The summed E-state index contributed by atoms with van der Waals surface area (Å²) in [7, 11) is -0.942. The highest BCUT2D eigenvalue weighted by Gasteiger charge is 2.30. The van der Waals surface area contributed by atoms with Crippen molar-refractivity contribution in [2.75, 3.05) is 19.4 Å². The summed E-state index contributed by atoms with van der Waals surface area (Å²) in [6.07, 6.45) is 6.31. The van der Waals surface area contributed by atoms with Gasteiger partial charge in [0.1, 0.15) is 5.75 Å². The second-order valence-electron chi connectivity index (χ2n) is 6.86. The molecule has 0 radical (unpaired) electrons. The molecule has 1 saturated carbocycles. The van der Waals surface area contributed by atoms with Crippen molar-refractivity contribution in [1.82, 2.24) is 5.32 Å². The van der Waals surface area contributed by atoms with Gasteiger partial charge in [-0.25, -0.2) is 0 Å². The van der Waals surface area contributed by atoms with Crippen molar-refractivity contribution in [2.24, 2.45) is 5.92 Å². The lowest BCUT2D eigenvalue weighted by atomic mass is 10.0. The zero-order valence-electron chi connectivity index (χ0n) is 15.1. The van der Waals surface area contributed by atoms with Gasteiger partial charge in [0.05, 0.1) is 6.61 Å². The number of ether oxygens (including phenoxy) is 1. The van der Waals surface area contributed by atoms with Crippen LogP contribution in [-0.2, 0) is 17.2 Å². The van der Waals surface area contributed by atoms with Gasteiger partial charge < -0.3 is 10.1 Å². The topological polar surface area (TPSA) is 38.3 Å². The summed E-state index contributed by atoms with van der Waals surface area (Å²) in [6, 6.07) is 16.2. The smallest absolute Gasteiger partial charge is 0.119 e. The first kappa shape index (κ1) is 19.4. The first-order valence-corrected chi connectivity index (χ1v) is 11.1. The van der Waals surface area contributed by atoms with Gasteiger partial charge in [-0.15, -0.1) is 0 Å². The quantitative estimate of drug-likeness (QED) is 0.608. The molecule has 1 aliphatic carbocycles. The van der Waals surface area contributed by atoms with E-state index in [0.29, 0.717) is 12.6 Å². The van der Waals surface area contributed by atoms with Crippen LogP contribution in [0.3, 0.4) is 0 Å². The molecular formula is C21H26ClNO2S. The average molecular weight is 392 g/mol. The second kappa shape index (κ2) is 9.54. The van der Waals surface area contributed by atoms with E-state index >= 15 is 0 Å². The summed E-state index contributed by atoms with van der Waals surface area (Å²) in [4.78, 5) is 0.826. The molecule has 2 atom stereocenters. The van der Waals surface area contributed by atoms with Gasteiger partial charge in [-0.05, 0) is 80.1 Å². The lowest BCUT2D eigenvalue weighted by Gasteiger charge is -2.18. The highest BCUT2D eigenvalue weighted by molar-refractivity contribution is 7.84. The Labute approximate surface area is 163 Å². The van der Waals surface area contributed by atoms with Crippen molar-refractivity contribution in [3.8, 4) is 5.75 Å². The number of hydrogen-bond acceptors (Lipinski definition) is 3. The van der Waals surface area contributed by atoms with Crippen LogP contribution in [0.1, 0.15) is 24.8 Å². The third kappa shape index (κ3) is 6.11. The Kier molecular flexibility index (Phi) is 7.12. The van der Waals surface area contributed by atoms with Gasteiger partial charge in [-0.2, -0.15) is 0 Å². The van der Waals surface area contributed by atoms with E-state index in [1.807, 2.05) is 36.4 Å². The average Bonchev–Trinajstić information content (AvgIpc) is 3.46. The van der Waals surface area contributed by atoms with Gasteiger partial charge in [-0.1, -0.05) is 23.7 Å². The van der Waals surface area contributed by atoms with Gasteiger partial charge >= 0.3 is 0 Å². The zero-order valence-corrected chi connectivity index (χ0v) is 16.7. The van der Waals surface area contributed by atoms with Crippen molar-refractivity contribution in [2.45, 2.75) is 36.6 Å². The number of rotatable bonds is 10. The summed E-state index contributed by atoms with van der Waals surface area (Å²) >= 11 is 6.10.